The maximum absolute atomic E-state index is 15.0. The normalized spacial score (nSPS) is 14.5. The lowest BCUT2D eigenvalue weighted by Crippen LogP contribution is -2.18. The van der Waals surface area contributed by atoms with Gasteiger partial charge in [-0.15, -0.1) is 11.3 Å². The number of fused-ring (bicyclic) bond motifs is 4. The average molecular weight is 531 g/mol. The van der Waals surface area contributed by atoms with Crippen molar-refractivity contribution < 1.29 is 18.7 Å². The second-order valence-corrected chi connectivity index (χ2v) is 10.2. The monoisotopic (exact) mass is 530 g/mol. The van der Waals surface area contributed by atoms with E-state index in [0.717, 1.165) is 26.4 Å². The summed E-state index contributed by atoms with van der Waals surface area (Å²) in [4.78, 5) is 34.4. The largest absolute Gasteiger partial charge is 0.487 e. The van der Waals surface area contributed by atoms with Crippen LogP contribution in [-0.2, 0) is 11.2 Å². The Balaban J connectivity index is 1.25. The summed E-state index contributed by atoms with van der Waals surface area (Å²) < 4.78 is 27.1. The summed E-state index contributed by atoms with van der Waals surface area (Å²) in [6.45, 7) is 3.76. The van der Waals surface area contributed by atoms with Crippen molar-refractivity contribution in [1.82, 2.24) is 24.9 Å². The van der Waals surface area contributed by atoms with Gasteiger partial charge >= 0.3 is 0 Å². The van der Waals surface area contributed by atoms with Crippen LogP contribution in [-0.4, -0.2) is 44.0 Å². The number of carbonyl (C=O) groups excluding carboxylic acids is 1. The lowest BCUT2D eigenvalue weighted by Gasteiger charge is -2.10. The quantitative estimate of drug-likeness (QED) is 0.320. The van der Waals surface area contributed by atoms with E-state index in [0.29, 0.717) is 46.8 Å². The lowest BCUT2D eigenvalue weighted by atomic mass is 10.1. The van der Waals surface area contributed by atoms with E-state index in [1.54, 1.807) is 32.6 Å². The summed E-state index contributed by atoms with van der Waals surface area (Å²) in [6.07, 6.45) is 5.56. The van der Waals surface area contributed by atoms with Crippen LogP contribution in [0.25, 0.3) is 31.8 Å². The number of rotatable bonds is 6. The predicted octanol–water partition coefficient (Wildman–Crippen LogP) is 5.18. The number of carbonyl (C=O) groups is 1. The fourth-order valence-corrected chi connectivity index (χ4v) is 5.70. The van der Waals surface area contributed by atoms with E-state index >= 15 is 4.39 Å². The SMILES string of the molecule is COc1cnc2c(-c3nc4cc(F)c5c(c4s3)C[C@H](CCC(=O)Nc3cnc(C)nc3)O5)cc(C)cc2n1. The third-order valence-electron chi connectivity index (χ3n) is 6.36. The molecule has 11 heteroatoms. The lowest BCUT2D eigenvalue weighted by molar-refractivity contribution is -0.116. The first-order chi connectivity index (χ1) is 18.4. The number of benzene rings is 2. The Morgan fingerprint density at radius 3 is 2.74 bits per heavy atom. The molecule has 0 spiro atoms. The van der Waals surface area contributed by atoms with Gasteiger partial charge < -0.3 is 14.8 Å². The number of hydrogen-bond donors (Lipinski definition) is 1. The summed E-state index contributed by atoms with van der Waals surface area (Å²) in [7, 11) is 1.55. The number of anilines is 1. The molecule has 4 heterocycles. The highest BCUT2D eigenvalue weighted by Gasteiger charge is 2.30. The van der Waals surface area contributed by atoms with Gasteiger partial charge in [-0.2, -0.15) is 0 Å². The molecule has 3 aromatic heterocycles. The molecule has 6 rings (SSSR count). The number of hydrogen-bond acceptors (Lipinski definition) is 9. The molecule has 1 amide bonds. The molecule has 38 heavy (non-hydrogen) atoms. The number of aromatic nitrogens is 5. The van der Waals surface area contributed by atoms with Crippen molar-refractivity contribution in [3.05, 3.63) is 59.6 Å². The molecular weight excluding hydrogens is 507 g/mol. The second kappa shape index (κ2) is 9.56. The number of aryl methyl sites for hydroxylation is 2. The molecule has 1 aliphatic rings. The average Bonchev–Trinajstić information content (AvgIpc) is 3.53. The van der Waals surface area contributed by atoms with Crippen LogP contribution in [0.5, 0.6) is 11.6 Å². The highest BCUT2D eigenvalue weighted by atomic mass is 32.1. The van der Waals surface area contributed by atoms with E-state index in [9.17, 15) is 4.79 Å². The van der Waals surface area contributed by atoms with E-state index < -0.39 is 5.82 Å². The minimum Gasteiger partial charge on any atom is -0.487 e. The molecule has 5 aromatic rings. The smallest absolute Gasteiger partial charge is 0.232 e. The van der Waals surface area contributed by atoms with Crippen LogP contribution in [0.3, 0.4) is 0 Å². The zero-order valence-electron chi connectivity index (χ0n) is 20.9. The highest BCUT2D eigenvalue weighted by Crippen LogP contribution is 2.43. The van der Waals surface area contributed by atoms with Crippen molar-refractivity contribution in [3.8, 4) is 22.2 Å². The van der Waals surface area contributed by atoms with Crippen molar-refractivity contribution >= 4 is 44.2 Å². The van der Waals surface area contributed by atoms with Gasteiger partial charge in [0.25, 0.3) is 0 Å². The van der Waals surface area contributed by atoms with Crippen LogP contribution >= 0.6 is 11.3 Å². The van der Waals surface area contributed by atoms with Crippen molar-refractivity contribution in [2.24, 2.45) is 0 Å². The molecule has 0 aliphatic carbocycles. The maximum atomic E-state index is 15.0. The van der Waals surface area contributed by atoms with Gasteiger partial charge in [0.15, 0.2) is 11.6 Å². The Labute approximate surface area is 221 Å². The minimum atomic E-state index is -0.452. The molecule has 2 aromatic carbocycles. The van der Waals surface area contributed by atoms with Crippen molar-refractivity contribution in [1.29, 1.82) is 0 Å². The summed E-state index contributed by atoms with van der Waals surface area (Å²) in [5, 5.41) is 3.51. The molecule has 0 radical (unpaired) electrons. The third-order valence-corrected chi connectivity index (χ3v) is 7.53. The number of methoxy groups -OCH3 is 1. The van der Waals surface area contributed by atoms with E-state index in [2.05, 4.69) is 25.3 Å². The van der Waals surface area contributed by atoms with Crippen LogP contribution in [0.1, 0.15) is 29.8 Å². The standard InChI is InChI=1S/C27H23FN6O3S/c1-13-6-17(24-20(7-13)33-23(36-3)12-31-24)27-34-21-9-19(28)25-18(26(21)38-27)8-16(37-25)4-5-22(35)32-15-10-29-14(2)30-11-15/h6-7,9-12,16H,4-5,8H2,1-3H3,(H,32,35)/t16-/m0/s1. The van der Waals surface area contributed by atoms with Gasteiger partial charge in [0.05, 0.1) is 52.6 Å². The van der Waals surface area contributed by atoms with Gasteiger partial charge in [-0.3, -0.25) is 4.79 Å². The first-order valence-corrected chi connectivity index (χ1v) is 12.9. The van der Waals surface area contributed by atoms with Crippen LogP contribution in [0.4, 0.5) is 10.1 Å². The van der Waals surface area contributed by atoms with Crippen molar-refractivity contribution in [3.63, 3.8) is 0 Å². The summed E-state index contributed by atoms with van der Waals surface area (Å²) in [6, 6.07) is 5.36. The molecule has 192 valence electrons. The number of amides is 1. The number of halogens is 1. The molecule has 1 N–H and O–H groups in total. The molecule has 0 fully saturated rings. The topological polar surface area (TPSA) is 112 Å². The molecule has 9 nitrogen and oxygen atoms in total. The van der Waals surface area contributed by atoms with Crippen LogP contribution in [0, 0.1) is 19.7 Å². The molecule has 1 atom stereocenters. The minimum absolute atomic E-state index is 0.174. The molecule has 0 unspecified atom stereocenters. The number of nitrogens with zero attached hydrogens (tertiary/aromatic N) is 5. The van der Waals surface area contributed by atoms with Gasteiger partial charge in [0.1, 0.15) is 16.9 Å². The molecule has 0 saturated heterocycles. The maximum Gasteiger partial charge on any atom is 0.232 e. The zero-order chi connectivity index (χ0) is 26.4. The van der Waals surface area contributed by atoms with Gasteiger partial charge in [0.2, 0.25) is 11.8 Å². The predicted molar refractivity (Wildman–Crippen MR) is 142 cm³/mol. The Morgan fingerprint density at radius 2 is 1.95 bits per heavy atom. The van der Waals surface area contributed by atoms with Gasteiger partial charge in [-0.05, 0) is 38.0 Å². The summed E-state index contributed by atoms with van der Waals surface area (Å²) in [5.74, 6) is 0.674. The first-order valence-electron chi connectivity index (χ1n) is 12.1. The van der Waals surface area contributed by atoms with Crippen LogP contribution in [0.2, 0.25) is 0 Å². The Hall–Kier alpha value is -4.25. The number of ether oxygens (including phenoxy) is 2. The van der Waals surface area contributed by atoms with Crippen molar-refractivity contribution in [2.45, 2.75) is 39.2 Å². The molecular formula is C27H23FN6O3S. The first kappa shape index (κ1) is 24.1. The van der Waals surface area contributed by atoms with Crippen molar-refractivity contribution in [2.75, 3.05) is 12.4 Å². The van der Waals surface area contributed by atoms with E-state index in [1.165, 1.54) is 17.4 Å². The molecule has 1 aliphatic heterocycles. The van der Waals surface area contributed by atoms with E-state index in [1.807, 2.05) is 19.1 Å². The summed E-state index contributed by atoms with van der Waals surface area (Å²) in [5.41, 5.74) is 5.13. The number of thiazole rings is 1. The summed E-state index contributed by atoms with van der Waals surface area (Å²) >= 11 is 1.48. The Kier molecular flexibility index (Phi) is 6.07. The van der Waals surface area contributed by atoms with E-state index in [-0.39, 0.29) is 24.2 Å². The molecule has 0 saturated carbocycles. The van der Waals surface area contributed by atoms with Gasteiger partial charge in [-0.25, -0.2) is 29.3 Å². The van der Waals surface area contributed by atoms with Gasteiger partial charge in [0, 0.05) is 30.0 Å². The fraction of sp³-hybridized carbons (Fsp3) is 0.259. The second-order valence-electron chi connectivity index (χ2n) is 9.18. The number of nitrogens with one attached hydrogen (secondary N) is 1. The zero-order valence-corrected chi connectivity index (χ0v) is 21.7. The van der Waals surface area contributed by atoms with Crippen LogP contribution in [0.15, 0.2) is 36.8 Å². The Bertz CT molecular complexity index is 1710. The van der Waals surface area contributed by atoms with Crippen LogP contribution < -0.4 is 14.8 Å². The fourth-order valence-electron chi connectivity index (χ4n) is 4.59. The van der Waals surface area contributed by atoms with Gasteiger partial charge in [-0.1, -0.05) is 0 Å². The third kappa shape index (κ3) is 4.49. The van der Waals surface area contributed by atoms with E-state index in [4.69, 9.17) is 14.5 Å². The molecule has 0 bridgehead atoms. The highest BCUT2D eigenvalue weighted by molar-refractivity contribution is 7.22. The Morgan fingerprint density at radius 1 is 1.13 bits per heavy atom.